The SMILES string of the molecule is COC(=O)CCCNC(=O)C1(C)CCCN1. The summed E-state index contributed by atoms with van der Waals surface area (Å²) in [5, 5.41) is 6.03. The van der Waals surface area contributed by atoms with Gasteiger partial charge in [-0.25, -0.2) is 0 Å². The smallest absolute Gasteiger partial charge is 0.305 e. The standard InChI is InChI=1S/C11H20N2O3/c1-11(6-4-8-13-11)10(15)12-7-3-5-9(14)16-2/h13H,3-8H2,1-2H3,(H,12,15). The molecular formula is C11H20N2O3. The van der Waals surface area contributed by atoms with Crippen LogP contribution < -0.4 is 10.6 Å². The minimum absolute atomic E-state index is 0.0230. The Labute approximate surface area is 95.9 Å². The van der Waals surface area contributed by atoms with Crippen LogP contribution in [0, 0.1) is 0 Å². The molecule has 1 amide bonds. The number of rotatable bonds is 5. The second-order valence-electron chi connectivity index (χ2n) is 4.30. The van der Waals surface area contributed by atoms with Crippen LogP contribution in [0.1, 0.15) is 32.6 Å². The molecule has 5 heteroatoms. The number of methoxy groups -OCH3 is 1. The quantitative estimate of drug-likeness (QED) is 0.521. The van der Waals surface area contributed by atoms with E-state index in [0.717, 1.165) is 19.4 Å². The number of esters is 1. The minimum atomic E-state index is -0.425. The Morgan fingerprint density at radius 2 is 2.25 bits per heavy atom. The van der Waals surface area contributed by atoms with Crippen molar-refractivity contribution in [3.8, 4) is 0 Å². The summed E-state index contributed by atoms with van der Waals surface area (Å²) in [5.74, 6) is -0.214. The third kappa shape index (κ3) is 3.48. The van der Waals surface area contributed by atoms with E-state index >= 15 is 0 Å². The summed E-state index contributed by atoms with van der Waals surface area (Å²) in [4.78, 5) is 22.6. The summed E-state index contributed by atoms with van der Waals surface area (Å²) in [6.07, 6.45) is 2.87. The third-order valence-corrected chi connectivity index (χ3v) is 2.94. The molecule has 1 saturated heterocycles. The van der Waals surface area contributed by atoms with E-state index in [1.54, 1.807) is 0 Å². The van der Waals surface area contributed by atoms with Crippen LogP contribution in [0.15, 0.2) is 0 Å². The van der Waals surface area contributed by atoms with Crippen molar-refractivity contribution < 1.29 is 14.3 Å². The highest BCUT2D eigenvalue weighted by molar-refractivity contribution is 5.86. The van der Waals surface area contributed by atoms with E-state index in [-0.39, 0.29) is 11.9 Å². The Kier molecular flexibility index (Phi) is 4.73. The van der Waals surface area contributed by atoms with E-state index in [4.69, 9.17) is 0 Å². The molecule has 0 radical (unpaired) electrons. The van der Waals surface area contributed by atoms with E-state index in [9.17, 15) is 9.59 Å². The normalized spacial score (nSPS) is 24.1. The summed E-state index contributed by atoms with van der Waals surface area (Å²) in [7, 11) is 1.37. The fourth-order valence-electron chi connectivity index (χ4n) is 1.82. The minimum Gasteiger partial charge on any atom is -0.469 e. The number of carbonyl (C=O) groups excluding carboxylic acids is 2. The molecule has 0 bridgehead atoms. The van der Waals surface area contributed by atoms with Gasteiger partial charge in [-0.05, 0) is 32.7 Å². The van der Waals surface area contributed by atoms with Crippen LogP contribution in [-0.4, -0.2) is 37.6 Å². The first kappa shape index (κ1) is 13.0. The Hall–Kier alpha value is -1.10. The summed E-state index contributed by atoms with van der Waals surface area (Å²) < 4.78 is 4.51. The molecular weight excluding hydrogens is 208 g/mol. The Morgan fingerprint density at radius 3 is 2.81 bits per heavy atom. The van der Waals surface area contributed by atoms with Crippen LogP contribution >= 0.6 is 0 Å². The lowest BCUT2D eigenvalue weighted by atomic mass is 9.99. The summed E-state index contributed by atoms with van der Waals surface area (Å²) >= 11 is 0. The van der Waals surface area contributed by atoms with Gasteiger partial charge in [-0.2, -0.15) is 0 Å². The van der Waals surface area contributed by atoms with Gasteiger partial charge < -0.3 is 15.4 Å². The van der Waals surface area contributed by atoms with Crippen molar-refractivity contribution in [3.63, 3.8) is 0 Å². The monoisotopic (exact) mass is 228 g/mol. The maximum atomic E-state index is 11.8. The van der Waals surface area contributed by atoms with E-state index in [1.165, 1.54) is 7.11 Å². The van der Waals surface area contributed by atoms with Gasteiger partial charge >= 0.3 is 5.97 Å². The third-order valence-electron chi connectivity index (χ3n) is 2.94. The van der Waals surface area contributed by atoms with Gasteiger partial charge in [0.1, 0.15) is 0 Å². The van der Waals surface area contributed by atoms with E-state index < -0.39 is 5.54 Å². The molecule has 2 N–H and O–H groups in total. The molecule has 1 rings (SSSR count). The topological polar surface area (TPSA) is 67.4 Å². The average Bonchev–Trinajstić information content (AvgIpc) is 2.72. The fraction of sp³-hybridized carbons (Fsp3) is 0.818. The highest BCUT2D eigenvalue weighted by atomic mass is 16.5. The van der Waals surface area contributed by atoms with Crippen LogP contribution in [-0.2, 0) is 14.3 Å². The molecule has 5 nitrogen and oxygen atoms in total. The average molecular weight is 228 g/mol. The first-order chi connectivity index (χ1) is 7.58. The maximum absolute atomic E-state index is 11.8. The molecule has 16 heavy (non-hydrogen) atoms. The Morgan fingerprint density at radius 1 is 1.50 bits per heavy atom. The Bertz CT molecular complexity index is 260. The van der Waals surface area contributed by atoms with Gasteiger partial charge in [0.15, 0.2) is 0 Å². The van der Waals surface area contributed by atoms with E-state index in [2.05, 4.69) is 15.4 Å². The largest absolute Gasteiger partial charge is 0.469 e. The summed E-state index contributed by atoms with van der Waals surface area (Å²) in [5.41, 5.74) is -0.425. The van der Waals surface area contributed by atoms with Gasteiger partial charge in [-0.1, -0.05) is 0 Å². The zero-order chi connectivity index (χ0) is 12.0. The predicted octanol–water partition coefficient (Wildman–Crippen LogP) is 0.198. The molecule has 1 atom stereocenters. The van der Waals surface area contributed by atoms with Gasteiger partial charge in [0.25, 0.3) is 0 Å². The molecule has 0 aromatic rings. The number of carbonyl (C=O) groups is 2. The van der Waals surface area contributed by atoms with Crippen molar-refractivity contribution in [1.29, 1.82) is 0 Å². The number of nitrogens with one attached hydrogen (secondary N) is 2. The summed E-state index contributed by atoms with van der Waals surface area (Å²) in [6.45, 7) is 3.33. The van der Waals surface area contributed by atoms with Gasteiger partial charge in [0.05, 0.1) is 12.6 Å². The molecule has 1 aliphatic rings. The molecule has 1 heterocycles. The van der Waals surface area contributed by atoms with Crippen molar-refractivity contribution in [2.45, 2.75) is 38.1 Å². The van der Waals surface area contributed by atoms with Gasteiger partial charge in [0, 0.05) is 13.0 Å². The van der Waals surface area contributed by atoms with Gasteiger partial charge in [0.2, 0.25) is 5.91 Å². The molecule has 1 fully saturated rings. The second-order valence-corrected chi connectivity index (χ2v) is 4.30. The fourth-order valence-corrected chi connectivity index (χ4v) is 1.82. The zero-order valence-electron chi connectivity index (χ0n) is 9.97. The van der Waals surface area contributed by atoms with Gasteiger partial charge in [-0.15, -0.1) is 0 Å². The molecule has 1 aliphatic heterocycles. The van der Waals surface area contributed by atoms with Gasteiger partial charge in [-0.3, -0.25) is 9.59 Å². The molecule has 0 saturated carbocycles. The highest BCUT2D eigenvalue weighted by Crippen LogP contribution is 2.18. The highest BCUT2D eigenvalue weighted by Gasteiger charge is 2.35. The number of hydrogen-bond donors (Lipinski definition) is 2. The molecule has 0 aromatic heterocycles. The van der Waals surface area contributed by atoms with E-state index in [0.29, 0.717) is 19.4 Å². The molecule has 0 aromatic carbocycles. The molecule has 0 aliphatic carbocycles. The van der Waals surface area contributed by atoms with Crippen LogP contribution in [0.5, 0.6) is 0 Å². The van der Waals surface area contributed by atoms with E-state index in [1.807, 2.05) is 6.92 Å². The van der Waals surface area contributed by atoms with Crippen LogP contribution in [0.25, 0.3) is 0 Å². The number of hydrogen-bond acceptors (Lipinski definition) is 4. The summed E-state index contributed by atoms with van der Waals surface area (Å²) in [6, 6.07) is 0. The molecule has 0 spiro atoms. The predicted molar refractivity (Wildman–Crippen MR) is 59.9 cm³/mol. The molecule has 92 valence electrons. The Balaban J connectivity index is 2.17. The first-order valence-electron chi connectivity index (χ1n) is 5.68. The van der Waals surface area contributed by atoms with Crippen LogP contribution in [0.3, 0.4) is 0 Å². The van der Waals surface area contributed by atoms with Crippen LogP contribution in [0.4, 0.5) is 0 Å². The van der Waals surface area contributed by atoms with Crippen LogP contribution in [0.2, 0.25) is 0 Å². The molecule has 1 unspecified atom stereocenters. The van der Waals surface area contributed by atoms with Crippen molar-refractivity contribution in [3.05, 3.63) is 0 Å². The number of amides is 1. The number of ether oxygens (including phenoxy) is 1. The van der Waals surface area contributed by atoms with Crippen molar-refractivity contribution >= 4 is 11.9 Å². The van der Waals surface area contributed by atoms with Crippen molar-refractivity contribution in [2.24, 2.45) is 0 Å². The lowest BCUT2D eigenvalue weighted by molar-refractivity contribution is -0.140. The second kappa shape index (κ2) is 5.84. The lowest BCUT2D eigenvalue weighted by Crippen LogP contribution is -2.51. The van der Waals surface area contributed by atoms with Crippen molar-refractivity contribution in [1.82, 2.24) is 10.6 Å². The maximum Gasteiger partial charge on any atom is 0.305 e. The lowest BCUT2D eigenvalue weighted by Gasteiger charge is -2.22. The first-order valence-corrected chi connectivity index (χ1v) is 5.68. The zero-order valence-corrected chi connectivity index (χ0v) is 9.97. The van der Waals surface area contributed by atoms with Crippen molar-refractivity contribution in [2.75, 3.05) is 20.2 Å².